The quantitative estimate of drug-likeness (QED) is 0.673. The second kappa shape index (κ2) is 5.40. The minimum atomic E-state index is -4.72. The first-order valence-corrected chi connectivity index (χ1v) is 5.76. The van der Waals surface area contributed by atoms with Gasteiger partial charge in [0, 0.05) is 0 Å². The Hall–Kier alpha value is -1.63. The molecular weight excluding hydrogens is 278 g/mol. The van der Waals surface area contributed by atoms with E-state index in [1.165, 1.54) is 0 Å². The lowest BCUT2D eigenvalue weighted by Crippen LogP contribution is -2.31. The van der Waals surface area contributed by atoms with Crippen LogP contribution in [-0.4, -0.2) is 11.6 Å². The number of nitrogens with two attached hydrogens (primary N) is 1. The lowest BCUT2D eigenvalue weighted by Gasteiger charge is -2.22. The fourth-order valence-electron chi connectivity index (χ4n) is 1.46. The van der Waals surface area contributed by atoms with Gasteiger partial charge in [-0.25, -0.2) is 9.18 Å². The van der Waals surface area contributed by atoms with Crippen LogP contribution in [0.1, 0.15) is 37.9 Å². The van der Waals surface area contributed by atoms with Gasteiger partial charge in [0.05, 0.1) is 5.56 Å². The van der Waals surface area contributed by atoms with Crippen LogP contribution in [0, 0.1) is 5.82 Å². The van der Waals surface area contributed by atoms with Gasteiger partial charge in [-0.2, -0.15) is 13.2 Å². The van der Waals surface area contributed by atoms with E-state index in [1.807, 2.05) is 0 Å². The fourth-order valence-corrected chi connectivity index (χ4v) is 1.46. The number of esters is 1. The van der Waals surface area contributed by atoms with E-state index >= 15 is 0 Å². The van der Waals surface area contributed by atoms with E-state index in [9.17, 15) is 22.4 Å². The van der Waals surface area contributed by atoms with Crippen molar-refractivity contribution in [3.63, 3.8) is 0 Å². The summed E-state index contributed by atoms with van der Waals surface area (Å²) in [6, 6.07) is 0.276. The first-order chi connectivity index (χ1) is 8.90. The molecule has 112 valence electrons. The molecule has 20 heavy (non-hydrogen) atoms. The van der Waals surface area contributed by atoms with Crippen LogP contribution >= 0.6 is 0 Å². The smallest absolute Gasteiger partial charge is 0.416 e. The first-order valence-electron chi connectivity index (χ1n) is 5.76. The van der Waals surface area contributed by atoms with Crippen LogP contribution < -0.4 is 5.73 Å². The molecule has 7 heteroatoms. The summed E-state index contributed by atoms with van der Waals surface area (Å²) in [7, 11) is 0. The molecule has 0 aliphatic heterocycles. The predicted octanol–water partition coefficient (Wildman–Crippen LogP) is 3.19. The second-order valence-corrected chi connectivity index (χ2v) is 5.28. The molecule has 0 aromatic heterocycles. The van der Waals surface area contributed by atoms with Gasteiger partial charge in [-0.15, -0.1) is 0 Å². The molecule has 1 atom stereocenters. The zero-order chi connectivity index (χ0) is 15.7. The van der Waals surface area contributed by atoms with Crippen molar-refractivity contribution < 1.29 is 27.1 Å². The van der Waals surface area contributed by atoms with Gasteiger partial charge < -0.3 is 10.5 Å². The second-order valence-electron chi connectivity index (χ2n) is 5.28. The van der Waals surface area contributed by atoms with Gasteiger partial charge in [0.15, 0.2) is 0 Å². The molecule has 0 spiro atoms. The lowest BCUT2D eigenvalue weighted by atomic mass is 10.0. The van der Waals surface area contributed by atoms with Crippen molar-refractivity contribution >= 4 is 5.97 Å². The number of halogens is 4. The van der Waals surface area contributed by atoms with Crippen LogP contribution in [0.4, 0.5) is 17.6 Å². The van der Waals surface area contributed by atoms with Crippen LogP contribution in [0.15, 0.2) is 18.2 Å². The van der Waals surface area contributed by atoms with Crippen LogP contribution in [-0.2, 0) is 15.7 Å². The minimum absolute atomic E-state index is 0.286. The number of alkyl halides is 3. The maximum absolute atomic E-state index is 13.2. The number of ether oxygens (including phenoxy) is 1. The van der Waals surface area contributed by atoms with Crippen LogP contribution in [0.5, 0.6) is 0 Å². The minimum Gasteiger partial charge on any atom is -0.459 e. The Morgan fingerprint density at radius 2 is 1.75 bits per heavy atom. The Labute approximate surface area is 113 Å². The highest BCUT2D eigenvalue weighted by atomic mass is 19.4. The molecule has 0 radical (unpaired) electrons. The van der Waals surface area contributed by atoms with Gasteiger partial charge in [-0.05, 0) is 44.5 Å². The third-order valence-corrected chi connectivity index (χ3v) is 2.27. The van der Waals surface area contributed by atoms with Crippen LogP contribution in [0.2, 0.25) is 0 Å². The van der Waals surface area contributed by atoms with Crippen molar-refractivity contribution in [2.45, 2.75) is 38.6 Å². The Morgan fingerprint density at radius 3 is 2.20 bits per heavy atom. The normalized spacial score (nSPS) is 14.0. The van der Waals surface area contributed by atoms with Gasteiger partial charge in [0.1, 0.15) is 17.5 Å². The number of benzene rings is 1. The molecule has 1 rings (SSSR count). The Balaban J connectivity index is 3.08. The summed E-state index contributed by atoms with van der Waals surface area (Å²) >= 11 is 0. The van der Waals surface area contributed by atoms with Gasteiger partial charge in [0.25, 0.3) is 0 Å². The monoisotopic (exact) mass is 293 g/mol. The Morgan fingerprint density at radius 1 is 1.20 bits per heavy atom. The van der Waals surface area contributed by atoms with Crippen molar-refractivity contribution in [2.75, 3.05) is 0 Å². The molecule has 0 heterocycles. The van der Waals surface area contributed by atoms with E-state index in [0.717, 1.165) is 6.07 Å². The first kappa shape index (κ1) is 16.4. The molecule has 1 aromatic carbocycles. The topological polar surface area (TPSA) is 52.3 Å². The zero-order valence-corrected chi connectivity index (χ0v) is 11.2. The molecule has 0 fully saturated rings. The van der Waals surface area contributed by atoms with E-state index < -0.39 is 35.2 Å². The highest BCUT2D eigenvalue weighted by molar-refractivity contribution is 5.77. The molecule has 0 saturated carbocycles. The average molecular weight is 293 g/mol. The number of hydrogen-bond donors (Lipinski definition) is 1. The van der Waals surface area contributed by atoms with Crippen LogP contribution in [0.3, 0.4) is 0 Å². The molecule has 0 bridgehead atoms. The third kappa shape index (κ3) is 4.48. The highest BCUT2D eigenvalue weighted by Gasteiger charge is 2.33. The van der Waals surface area contributed by atoms with Gasteiger partial charge in [-0.3, -0.25) is 0 Å². The summed E-state index contributed by atoms with van der Waals surface area (Å²) in [5, 5.41) is 0. The molecule has 0 saturated heterocycles. The Bertz CT molecular complexity index is 506. The van der Waals surface area contributed by atoms with E-state index in [0.29, 0.717) is 12.1 Å². The summed E-state index contributed by atoms with van der Waals surface area (Å²) in [4.78, 5) is 11.7. The molecule has 1 unspecified atom stereocenters. The lowest BCUT2D eigenvalue weighted by molar-refractivity contribution is -0.156. The molecular formula is C13H15F4NO2. The van der Waals surface area contributed by atoms with E-state index in [2.05, 4.69) is 0 Å². The molecule has 0 aliphatic rings. The zero-order valence-electron chi connectivity index (χ0n) is 11.2. The number of hydrogen-bond acceptors (Lipinski definition) is 3. The SMILES string of the molecule is CC(C)(C)OC(=O)C(N)c1cc(F)cc(C(F)(F)F)c1. The average Bonchev–Trinajstić information content (AvgIpc) is 2.23. The van der Waals surface area contributed by atoms with Crippen molar-refractivity contribution in [3.05, 3.63) is 35.1 Å². The van der Waals surface area contributed by atoms with Crippen molar-refractivity contribution in [1.29, 1.82) is 0 Å². The summed E-state index contributed by atoms with van der Waals surface area (Å²) < 4.78 is 55.8. The van der Waals surface area contributed by atoms with E-state index in [-0.39, 0.29) is 5.56 Å². The largest absolute Gasteiger partial charge is 0.459 e. The third-order valence-electron chi connectivity index (χ3n) is 2.27. The summed E-state index contributed by atoms with van der Waals surface area (Å²) in [5.41, 5.74) is 3.19. The number of rotatable bonds is 2. The van der Waals surface area contributed by atoms with E-state index in [1.54, 1.807) is 20.8 Å². The van der Waals surface area contributed by atoms with Crippen molar-refractivity contribution in [3.8, 4) is 0 Å². The van der Waals surface area contributed by atoms with Crippen molar-refractivity contribution in [2.24, 2.45) is 5.73 Å². The highest BCUT2D eigenvalue weighted by Crippen LogP contribution is 2.31. The molecule has 3 nitrogen and oxygen atoms in total. The van der Waals surface area contributed by atoms with Crippen molar-refractivity contribution in [1.82, 2.24) is 0 Å². The van der Waals surface area contributed by atoms with Crippen LogP contribution in [0.25, 0.3) is 0 Å². The maximum atomic E-state index is 13.2. The Kier molecular flexibility index (Phi) is 4.43. The molecule has 0 aliphatic carbocycles. The van der Waals surface area contributed by atoms with Gasteiger partial charge in [0.2, 0.25) is 0 Å². The molecule has 2 N–H and O–H groups in total. The van der Waals surface area contributed by atoms with Gasteiger partial charge in [-0.1, -0.05) is 0 Å². The maximum Gasteiger partial charge on any atom is 0.416 e. The van der Waals surface area contributed by atoms with Gasteiger partial charge >= 0.3 is 12.1 Å². The molecule has 0 amide bonds. The fraction of sp³-hybridized carbons (Fsp3) is 0.462. The number of carbonyl (C=O) groups excluding carboxylic acids is 1. The standard InChI is InChI=1S/C13H15F4NO2/c1-12(2,3)20-11(19)10(18)7-4-8(13(15,16)17)6-9(14)5-7/h4-6,10H,18H2,1-3H3. The summed E-state index contributed by atoms with van der Waals surface area (Å²) in [6.07, 6.45) is -4.72. The predicted molar refractivity (Wildman–Crippen MR) is 64.2 cm³/mol. The summed E-state index contributed by atoms with van der Waals surface area (Å²) in [5.74, 6) is -2.04. The number of carbonyl (C=O) groups is 1. The van der Waals surface area contributed by atoms with E-state index in [4.69, 9.17) is 10.5 Å². The molecule has 1 aromatic rings. The summed E-state index contributed by atoms with van der Waals surface area (Å²) in [6.45, 7) is 4.76.